The smallest absolute Gasteiger partial charge is 0.238 e. The molecule has 3 N–H and O–H groups in total. The van der Waals surface area contributed by atoms with Crippen LogP contribution in [0.5, 0.6) is 11.5 Å². The number of carbonyl (C=O) groups excluding carboxylic acids is 1. The Labute approximate surface area is 92.3 Å². The minimum Gasteiger partial charge on any atom is -0.493 e. The first kappa shape index (κ1) is 12.3. The molecule has 88 valence electrons. The van der Waals surface area contributed by atoms with Crippen LogP contribution in [0.3, 0.4) is 0 Å². The van der Waals surface area contributed by atoms with Crippen molar-refractivity contribution in [3.05, 3.63) is 17.9 Å². The third-order valence-electron chi connectivity index (χ3n) is 1.93. The van der Waals surface area contributed by atoms with Gasteiger partial charge in [0.15, 0.2) is 17.3 Å². The number of benzene rings is 1. The first-order valence-electron chi connectivity index (χ1n) is 4.53. The highest BCUT2D eigenvalue weighted by Gasteiger charge is 2.12. The van der Waals surface area contributed by atoms with E-state index < -0.39 is 11.7 Å². The van der Waals surface area contributed by atoms with E-state index in [1.165, 1.54) is 20.3 Å². The normalized spacial score (nSPS) is 9.75. The SMILES string of the molecule is COc1cc(F)c(NC(=O)CN)cc1OC. The second kappa shape index (κ2) is 5.32. The number of amides is 1. The maximum atomic E-state index is 13.5. The zero-order valence-corrected chi connectivity index (χ0v) is 9.04. The summed E-state index contributed by atoms with van der Waals surface area (Å²) in [6, 6.07) is 2.46. The lowest BCUT2D eigenvalue weighted by molar-refractivity contribution is -0.114. The van der Waals surface area contributed by atoms with Crippen molar-refractivity contribution in [2.24, 2.45) is 5.73 Å². The van der Waals surface area contributed by atoms with Gasteiger partial charge in [0.25, 0.3) is 0 Å². The molecule has 1 rings (SSSR count). The number of hydrogen-bond acceptors (Lipinski definition) is 4. The molecule has 5 nitrogen and oxygen atoms in total. The number of halogens is 1. The molecule has 1 aromatic carbocycles. The summed E-state index contributed by atoms with van der Waals surface area (Å²) < 4.78 is 23.3. The van der Waals surface area contributed by atoms with Gasteiger partial charge in [0, 0.05) is 12.1 Å². The van der Waals surface area contributed by atoms with Gasteiger partial charge in [0.2, 0.25) is 5.91 Å². The summed E-state index contributed by atoms with van der Waals surface area (Å²) in [5.74, 6) is -0.507. The first-order chi connectivity index (χ1) is 7.62. The molecule has 6 heteroatoms. The van der Waals surface area contributed by atoms with Crippen LogP contribution in [0.4, 0.5) is 10.1 Å². The summed E-state index contributed by atoms with van der Waals surface area (Å²) in [5.41, 5.74) is 5.11. The number of anilines is 1. The highest BCUT2D eigenvalue weighted by atomic mass is 19.1. The molecule has 0 fully saturated rings. The predicted molar refractivity (Wildman–Crippen MR) is 57.2 cm³/mol. The molecule has 16 heavy (non-hydrogen) atoms. The molecule has 0 radical (unpaired) electrons. The molecule has 1 aromatic rings. The van der Waals surface area contributed by atoms with Gasteiger partial charge in [-0.05, 0) is 0 Å². The van der Waals surface area contributed by atoms with Gasteiger partial charge in [0.05, 0.1) is 26.5 Å². The quantitative estimate of drug-likeness (QED) is 0.797. The average Bonchev–Trinajstić information content (AvgIpc) is 2.30. The average molecular weight is 228 g/mol. The van der Waals surface area contributed by atoms with E-state index >= 15 is 0 Å². The van der Waals surface area contributed by atoms with Gasteiger partial charge in [-0.1, -0.05) is 0 Å². The van der Waals surface area contributed by atoms with Crippen molar-refractivity contribution in [3.8, 4) is 11.5 Å². The van der Waals surface area contributed by atoms with Crippen molar-refractivity contribution in [1.82, 2.24) is 0 Å². The van der Waals surface area contributed by atoms with E-state index in [0.717, 1.165) is 6.07 Å². The Balaban J connectivity index is 3.06. The van der Waals surface area contributed by atoms with Crippen LogP contribution in [-0.4, -0.2) is 26.7 Å². The molecule has 0 bridgehead atoms. The monoisotopic (exact) mass is 228 g/mol. The molecular formula is C10H13FN2O3. The van der Waals surface area contributed by atoms with Crippen LogP contribution < -0.4 is 20.5 Å². The Kier molecular flexibility index (Phi) is 4.07. The van der Waals surface area contributed by atoms with Crippen molar-refractivity contribution in [3.63, 3.8) is 0 Å². The minimum atomic E-state index is -0.612. The molecule has 1 amide bonds. The van der Waals surface area contributed by atoms with Gasteiger partial charge in [-0.2, -0.15) is 0 Å². The highest BCUT2D eigenvalue weighted by Crippen LogP contribution is 2.32. The standard InChI is InChI=1S/C10H13FN2O3/c1-15-8-3-6(11)7(4-9(8)16-2)13-10(14)5-12/h3-4H,5,12H2,1-2H3,(H,13,14). The zero-order chi connectivity index (χ0) is 12.1. The largest absolute Gasteiger partial charge is 0.493 e. The van der Waals surface area contributed by atoms with Gasteiger partial charge in [-0.15, -0.1) is 0 Å². The van der Waals surface area contributed by atoms with Gasteiger partial charge in [-0.25, -0.2) is 4.39 Å². The lowest BCUT2D eigenvalue weighted by Gasteiger charge is -2.11. The second-order valence-electron chi connectivity index (χ2n) is 2.94. The van der Waals surface area contributed by atoms with Crippen LogP contribution in [-0.2, 0) is 4.79 Å². The summed E-state index contributed by atoms with van der Waals surface area (Å²) in [4.78, 5) is 11.0. The third kappa shape index (κ3) is 2.60. The van der Waals surface area contributed by atoms with Gasteiger partial charge < -0.3 is 20.5 Å². The fourth-order valence-electron chi connectivity index (χ4n) is 1.15. The Morgan fingerprint density at radius 2 is 1.94 bits per heavy atom. The molecule has 0 atom stereocenters. The number of carbonyl (C=O) groups is 1. The van der Waals surface area contributed by atoms with E-state index in [1.807, 2.05) is 0 Å². The lowest BCUT2D eigenvalue weighted by Crippen LogP contribution is -2.22. The van der Waals surface area contributed by atoms with Crippen molar-refractivity contribution >= 4 is 11.6 Å². The van der Waals surface area contributed by atoms with Gasteiger partial charge in [0.1, 0.15) is 0 Å². The number of ether oxygens (including phenoxy) is 2. The molecule has 0 aromatic heterocycles. The lowest BCUT2D eigenvalue weighted by atomic mass is 10.2. The zero-order valence-electron chi connectivity index (χ0n) is 9.04. The summed E-state index contributed by atoms with van der Waals surface area (Å²) in [5, 5.41) is 2.31. The van der Waals surface area contributed by atoms with E-state index in [-0.39, 0.29) is 18.0 Å². The van der Waals surface area contributed by atoms with E-state index in [2.05, 4.69) is 5.32 Å². The van der Waals surface area contributed by atoms with Crippen molar-refractivity contribution in [1.29, 1.82) is 0 Å². The van der Waals surface area contributed by atoms with E-state index in [0.29, 0.717) is 5.75 Å². The number of methoxy groups -OCH3 is 2. The maximum Gasteiger partial charge on any atom is 0.238 e. The second-order valence-corrected chi connectivity index (χ2v) is 2.94. The summed E-state index contributed by atoms with van der Waals surface area (Å²) in [6.45, 7) is -0.214. The van der Waals surface area contributed by atoms with E-state index in [1.54, 1.807) is 0 Å². The van der Waals surface area contributed by atoms with Crippen LogP contribution in [0.1, 0.15) is 0 Å². The van der Waals surface area contributed by atoms with Crippen LogP contribution >= 0.6 is 0 Å². The minimum absolute atomic E-state index is 0.00750. The molecule has 0 aliphatic rings. The van der Waals surface area contributed by atoms with Crippen molar-refractivity contribution in [2.45, 2.75) is 0 Å². The Bertz CT molecular complexity index is 396. The van der Waals surface area contributed by atoms with Crippen molar-refractivity contribution < 1.29 is 18.7 Å². The number of nitrogens with one attached hydrogen (secondary N) is 1. The van der Waals surface area contributed by atoms with Gasteiger partial charge >= 0.3 is 0 Å². The number of rotatable bonds is 4. The Morgan fingerprint density at radius 3 is 2.44 bits per heavy atom. The summed E-state index contributed by atoms with van der Waals surface area (Å²) in [7, 11) is 2.82. The number of hydrogen-bond donors (Lipinski definition) is 2. The predicted octanol–water partition coefficient (Wildman–Crippen LogP) is 0.740. The fraction of sp³-hybridized carbons (Fsp3) is 0.300. The van der Waals surface area contributed by atoms with Crippen molar-refractivity contribution in [2.75, 3.05) is 26.1 Å². The molecule has 0 heterocycles. The van der Waals surface area contributed by atoms with E-state index in [4.69, 9.17) is 15.2 Å². The summed E-state index contributed by atoms with van der Waals surface area (Å²) in [6.07, 6.45) is 0. The Hall–Kier alpha value is -1.82. The van der Waals surface area contributed by atoms with Crippen LogP contribution in [0.25, 0.3) is 0 Å². The highest BCUT2D eigenvalue weighted by molar-refractivity contribution is 5.92. The fourth-order valence-corrected chi connectivity index (χ4v) is 1.15. The molecule has 0 spiro atoms. The topological polar surface area (TPSA) is 73.6 Å². The molecule has 0 unspecified atom stereocenters. The molecule has 0 saturated carbocycles. The van der Waals surface area contributed by atoms with Crippen LogP contribution in [0, 0.1) is 5.82 Å². The number of nitrogens with two attached hydrogens (primary N) is 1. The van der Waals surface area contributed by atoms with E-state index in [9.17, 15) is 9.18 Å². The molecule has 0 saturated heterocycles. The molecule has 0 aliphatic heterocycles. The van der Waals surface area contributed by atoms with Gasteiger partial charge in [-0.3, -0.25) is 4.79 Å². The summed E-state index contributed by atoms with van der Waals surface area (Å²) >= 11 is 0. The first-order valence-corrected chi connectivity index (χ1v) is 4.53. The maximum absolute atomic E-state index is 13.5. The Morgan fingerprint density at radius 1 is 1.38 bits per heavy atom. The molecular weight excluding hydrogens is 215 g/mol. The third-order valence-corrected chi connectivity index (χ3v) is 1.93. The molecule has 0 aliphatic carbocycles. The van der Waals surface area contributed by atoms with Crippen LogP contribution in [0.15, 0.2) is 12.1 Å². The van der Waals surface area contributed by atoms with Crippen LogP contribution in [0.2, 0.25) is 0 Å².